The summed E-state index contributed by atoms with van der Waals surface area (Å²) in [5.74, 6) is 0. The Morgan fingerprint density at radius 2 is 1.77 bits per heavy atom. The lowest BCUT2D eigenvalue weighted by atomic mass is 10.1. The highest BCUT2D eigenvalue weighted by Crippen LogP contribution is 2.32. The lowest BCUT2D eigenvalue weighted by Crippen LogP contribution is -1.81. The highest BCUT2D eigenvalue weighted by Gasteiger charge is 2.08. The first-order valence-electron chi connectivity index (χ1n) is 4.40. The number of allylic oxidation sites excluding steroid dienone is 4. The molecule has 2 rings (SSSR count). The van der Waals surface area contributed by atoms with Crippen LogP contribution in [0.3, 0.4) is 0 Å². The molecular weight excluding hydrogens is 224 g/mol. The number of hydrogen-bond acceptors (Lipinski definition) is 0. The van der Waals surface area contributed by atoms with Crippen molar-refractivity contribution in [3.63, 3.8) is 0 Å². The molecular formula is C12H11Br. The van der Waals surface area contributed by atoms with E-state index in [9.17, 15) is 0 Å². The topological polar surface area (TPSA) is 0 Å². The van der Waals surface area contributed by atoms with E-state index in [-0.39, 0.29) is 0 Å². The van der Waals surface area contributed by atoms with Crippen LogP contribution in [0.5, 0.6) is 0 Å². The van der Waals surface area contributed by atoms with Gasteiger partial charge in [-0.1, -0.05) is 57.9 Å². The normalized spacial score (nSPS) is 15.5. The van der Waals surface area contributed by atoms with Crippen molar-refractivity contribution >= 4 is 21.5 Å². The molecule has 0 nitrogen and oxygen atoms in total. The van der Waals surface area contributed by atoms with Gasteiger partial charge in [-0.15, -0.1) is 0 Å². The Kier molecular flexibility index (Phi) is 2.36. The van der Waals surface area contributed by atoms with Crippen molar-refractivity contribution in [2.24, 2.45) is 0 Å². The molecule has 0 spiro atoms. The van der Waals surface area contributed by atoms with Crippen molar-refractivity contribution in [3.05, 3.63) is 52.0 Å². The van der Waals surface area contributed by atoms with E-state index in [1.54, 1.807) is 0 Å². The van der Waals surface area contributed by atoms with Crippen LogP contribution in [0.15, 0.2) is 40.9 Å². The standard InChI is InChI=1S/C12H11Br/c1-9-5-7-10(8-6-9)11-3-2-4-12(11)13/h3-8H,2H2,1H3. The predicted octanol–water partition coefficient (Wildman–Crippen LogP) is 4.06. The average molecular weight is 235 g/mol. The first-order valence-corrected chi connectivity index (χ1v) is 5.20. The molecule has 0 bridgehead atoms. The van der Waals surface area contributed by atoms with Crippen molar-refractivity contribution < 1.29 is 0 Å². The van der Waals surface area contributed by atoms with Crippen molar-refractivity contribution in [3.8, 4) is 0 Å². The molecule has 1 aromatic carbocycles. The first-order chi connectivity index (χ1) is 6.27. The zero-order chi connectivity index (χ0) is 9.26. The third-order valence-corrected chi connectivity index (χ3v) is 2.99. The van der Waals surface area contributed by atoms with Crippen LogP contribution in [0.4, 0.5) is 0 Å². The highest BCUT2D eigenvalue weighted by atomic mass is 79.9. The summed E-state index contributed by atoms with van der Waals surface area (Å²) in [5, 5.41) is 0. The molecule has 0 fully saturated rings. The summed E-state index contributed by atoms with van der Waals surface area (Å²) in [6, 6.07) is 8.63. The predicted molar refractivity (Wildman–Crippen MR) is 60.8 cm³/mol. The van der Waals surface area contributed by atoms with Gasteiger partial charge in [-0.05, 0) is 24.5 Å². The second-order valence-corrected chi connectivity index (χ2v) is 4.13. The summed E-state index contributed by atoms with van der Waals surface area (Å²) in [5.41, 5.74) is 3.92. The Bertz CT molecular complexity index is 369. The van der Waals surface area contributed by atoms with Gasteiger partial charge in [-0.25, -0.2) is 0 Å². The molecule has 0 N–H and O–H groups in total. The number of halogens is 1. The molecule has 1 heteroatoms. The van der Waals surface area contributed by atoms with Gasteiger partial charge < -0.3 is 0 Å². The van der Waals surface area contributed by atoms with Gasteiger partial charge in [-0.2, -0.15) is 0 Å². The van der Waals surface area contributed by atoms with Crippen LogP contribution in [0, 0.1) is 6.92 Å². The van der Waals surface area contributed by atoms with Crippen LogP contribution in [0.1, 0.15) is 17.5 Å². The molecule has 0 aliphatic heterocycles. The molecule has 0 atom stereocenters. The maximum Gasteiger partial charge on any atom is 0.0213 e. The van der Waals surface area contributed by atoms with Crippen molar-refractivity contribution in [2.45, 2.75) is 13.3 Å². The summed E-state index contributed by atoms with van der Waals surface area (Å²) in [4.78, 5) is 0. The average Bonchev–Trinajstić information content (AvgIpc) is 2.53. The van der Waals surface area contributed by atoms with Gasteiger partial charge in [-0.3, -0.25) is 0 Å². The third kappa shape index (κ3) is 1.75. The van der Waals surface area contributed by atoms with Crippen LogP contribution in [0.2, 0.25) is 0 Å². The van der Waals surface area contributed by atoms with E-state index in [4.69, 9.17) is 0 Å². The summed E-state index contributed by atoms with van der Waals surface area (Å²) < 4.78 is 1.22. The van der Waals surface area contributed by atoms with Gasteiger partial charge in [0.15, 0.2) is 0 Å². The molecule has 0 radical (unpaired) electrons. The van der Waals surface area contributed by atoms with Gasteiger partial charge >= 0.3 is 0 Å². The van der Waals surface area contributed by atoms with E-state index >= 15 is 0 Å². The maximum atomic E-state index is 3.55. The Balaban J connectivity index is 2.37. The molecule has 0 saturated carbocycles. The highest BCUT2D eigenvalue weighted by molar-refractivity contribution is 9.12. The Hall–Kier alpha value is -0.820. The number of benzene rings is 1. The molecule has 0 saturated heterocycles. The van der Waals surface area contributed by atoms with Crippen LogP contribution in [-0.2, 0) is 0 Å². The molecule has 1 aliphatic carbocycles. The number of aryl methyl sites for hydroxylation is 1. The Labute approximate surface area is 87.1 Å². The van der Waals surface area contributed by atoms with Crippen molar-refractivity contribution in [1.29, 1.82) is 0 Å². The van der Waals surface area contributed by atoms with Gasteiger partial charge in [0.2, 0.25) is 0 Å². The molecule has 1 aromatic rings. The van der Waals surface area contributed by atoms with Crippen LogP contribution < -0.4 is 0 Å². The lowest BCUT2D eigenvalue weighted by molar-refractivity contribution is 1.44. The molecule has 0 amide bonds. The lowest BCUT2D eigenvalue weighted by Gasteiger charge is -2.03. The second kappa shape index (κ2) is 3.51. The largest absolute Gasteiger partial charge is 0.0717 e. The SMILES string of the molecule is Cc1ccc(C2=CCC=C2Br)cc1. The first kappa shape index (κ1) is 8.76. The van der Waals surface area contributed by atoms with Gasteiger partial charge in [0.25, 0.3) is 0 Å². The minimum Gasteiger partial charge on any atom is -0.0717 e. The fraction of sp³-hybridized carbons (Fsp3) is 0.167. The molecule has 1 aliphatic rings. The van der Waals surface area contributed by atoms with E-state index in [0.29, 0.717) is 0 Å². The minimum atomic E-state index is 1.05. The summed E-state index contributed by atoms with van der Waals surface area (Å²) in [6.07, 6.45) is 5.48. The second-order valence-electron chi connectivity index (χ2n) is 3.27. The van der Waals surface area contributed by atoms with E-state index in [0.717, 1.165) is 6.42 Å². The molecule has 0 aromatic heterocycles. The van der Waals surface area contributed by atoms with Gasteiger partial charge in [0.1, 0.15) is 0 Å². The van der Waals surface area contributed by atoms with Crippen molar-refractivity contribution in [2.75, 3.05) is 0 Å². The van der Waals surface area contributed by atoms with E-state index in [1.165, 1.54) is 21.2 Å². The quantitative estimate of drug-likeness (QED) is 0.688. The summed E-state index contributed by atoms with van der Waals surface area (Å²) in [7, 11) is 0. The Morgan fingerprint density at radius 3 is 2.31 bits per heavy atom. The Morgan fingerprint density at radius 1 is 1.08 bits per heavy atom. The van der Waals surface area contributed by atoms with Crippen LogP contribution >= 0.6 is 15.9 Å². The zero-order valence-electron chi connectivity index (χ0n) is 7.55. The smallest absolute Gasteiger partial charge is 0.0213 e. The molecule has 66 valence electrons. The van der Waals surface area contributed by atoms with Crippen LogP contribution in [-0.4, -0.2) is 0 Å². The molecule has 0 unspecified atom stereocenters. The fourth-order valence-corrected chi connectivity index (χ4v) is 2.05. The third-order valence-electron chi connectivity index (χ3n) is 2.24. The number of hydrogen-bond donors (Lipinski definition) is 0. The van der Waals surface area contributed by atoms with E-state index < -0.39 is 0 Å². The van der Waals surface area contributed by atoms with Gasteiger partial charge in [0.05, 0.1) is 0 Å². The monoisotopic (exact) mass is 234 g/mol. The fourth-order valence-electron chi connectivity index (χ4n) is 1.48. The minimum absolute atomic E-state index is 1.05. The van der Waals surface area contributed by atoms with E-state index in [1.807, 2.05) is 0 Å². The number of rotatable bonds is 1. The zero-order valence-corrected chi connectivity index (χ0v) is 9.14. The summed E-state index contributed by atoms with van der Waals surface area (Å²) in [6.45, 7) is 2.11. The summed E-state index contributed by atoms with van der Waals surface area (Å²) >= 11 is 3.55. The van der Waals surface area contributed by atoms with Crippen LogP contribution in [0.25, 0.3) is 5.57 Å². The van der Waals surface area contributed by atoms with Crippen molar-refractivity contribution in [1.82, 2.24) is 0 Å². The molecule has 13 heavy (non-hydrogen) atoms. The molecule has 0 heterocycles. The van der Waals surface area contributed by atoms with E-state index in [2.05, 4.69) is 59.3 Å². The maximum absolute atomic E-state index is 3.55. The van der Waals surface area contributed by atoms with Gasteiger partial charge in [0, 0.05) is 4.48 Å².